The fourth-order valence-corrected chi connectivity index (χ4v) is 5.21. The molecular formula is C22H27BrN2O4S. The lowest BCUT2D eigenvalue weighted by Crippen LogP contribution is -2.41. The zero-order valence-electron chi connectivity index (χ0n) is 17.7. The van der Waals surface area contributed by atoms with Crippen LogP contribution in [0.4, 0.5) is 0 Å². The predicted octanol–water partition coefficient (Wildman–Crippen LogP) is 4.00. The van der Waals surface area contributed by atoms with Crippen LogP contribution in [-0.4, -0.2) is 56.8 Å². The van der Waals surface area contributed by atoms with E-state index in [9.17, 15) is 13.2 Å². The van der Waals surface area contributed by atoms with Gasteiger partial charge in [0.2, 0.25) is 10.0 Å². The first-order valence-electron chi connectivity index (χ1n) is 9.85. The Balaban J connectivity index is 1.67. The number of sulfonamides is 1. The monoisotopic (exact) mass is 494 g/mol. The molecule has 1 amide bonds. The quantitative estimate of drug-likeness (QED) is 0.629. The van der Waals surface area contributed by atoms with E-state index in [1.807, 2.05) is 12.1 Å². The van der Waals surface area contributed by atoms with Crippen LogP contribution in [0.5, 0.6) is 5.75 Å². The first-order chi connectivity index (χ1) is 14.1. The van der Waals surface area contributed by atoms with Gasteiger partial charge < -0.3 is 9.64 Å². The number of carbonyl (C=O) groups excluding carboxylic acids is 1. The Morgan fingerprint density at radius 1 is 1.07 bits per heavy atom. The van der Waals surface area contributed by atoms with Gasteiger partial charge in [-0.15, -0.1) is 0 Å². The maximum atomic E-state index is 13.0. The van der Waals surface area contributed by atoms with Crippen molar-refractivity contribution >= 4 is 31.9 Å². The number of hydrogen-bond donors (Lipinski definition) is 0. The number of piperidine rings is 1. The van der Waals surface area contributed by atoms with Gasteiger partial charge in [0.25, 0.3) is 5.91 Å². The maximum Gasteiger partial charge on any atom is 0.253 e. The molecule has 3 rings (SSSR count). The number of nitrogens with zero attached hydrogens (tertiary/aromatic N) is 2. The summed E-state index contributed by atoms with van der Waals surface area (Å²) in [6, 6.07) is 10.8. The zero-order valence-corrected chi connectivity index (χ0v) is 20.1. The Kier molecular flexibility index (Phi) is 6.89. The third kappa shape index (κ3) is 4.87. The minimum Gasteiger partial charge on any atom is -0.490 e. The fourth-order valence-electron chi connectivity index (χ4n) is 3.37. The standard InChI is InChI=1S/C22H27BrN2O4S/c1-15-5-7-19(13-16(15)2)29-18-9-11-25(12-10-18)22(26)17-6-8-20(23)21(14-17)30(27,28)24(3)4/h5-8,13-14,18H,9-12H2,1-4H3. The van der Waals surface area contributed by atoms with Crippen molar-refractivity contribution in [2.24, 2.45) is 0 Å². The van der Waals surface area contributed by atoms with E-state index in [0.717, 1.165) is 22.9 Å². The molecule has 2 aromatic rings. The maximum absolute atomic E-state index is 13.0. The van der Waals surface area contributed by atoms with Crippen LogP contribution in [0.3, 0.4) is 0 Å². The van der Waals surface area contributed by atoms with Gasteiger partial charge >= 0.3 is 0 Å². The number of aryl methyl sites for hydroxylation is 2. The summed E-state index contributed by atoms with van der Waals surface area (Å²) >= 11 is 3.28. The molecule has 0 atom stereocenters. The summed E-state index contributed by atoms with van der Waals surface area (Å²) < 4.78 is 32.7. The van der Waals surface area contributed by atoms with Crippen LogP contribution in [0.15, 0.2) is 45.8 Å². The van der Waals surface area contributed by atoms with Gasteiger partial charge in [-0.3, -0.25) is 4.79 Å². The summed E-state index contributed by atoms with van der Waals surface area (Å²) in [6.45, 7) is 5.27. The molecule has 0 N–H and O–H groups in total. The van der Waals surface area contributed by atoms with Gasteiger partial charge in [0.1, 0.15) is 11.9 Å². The van der Waals surface area contributed by atoms with Crippen molar-refractivity contribution in [3.8, 4) is 5.75 Å². The number of ether oxygens (including phenoxy) is 1. The largest absolute Gasteiger partial charge is 0.490 e. The Morgan fingerprint density at radius 2 is 1.73 bits per heavy atom. The molecule has 1 fully saturated rings. The third-order valence-electron chi connectivity index (χ3n) is 5.45. The van der Waals surface area contributed by atoms with Gasteiger partial charge in [0, 0.05) is 50.1 Å². The third-order valence-corrected chi connectivity index (χ3v) is 8.26. The van der Waals surface area contributed by atoms with Crippen molar-refractivity contribution in [3.05, 3.63) is 57.6 Å². The van der Waals surface area contributed by atoms with Gasteiger partial charge in [-0.2, -0.15) is 0 Å². The van der Waals surface area contributed by atoms with Crippen molar-refractivity contribution in [1.82, 2.24) is 9.21 Å². The normalized spacial score (nSPS) is 15.5. The summed E-state index contributed by atoms with van der Waals surface area (Å²) in [5.41, 5.74) is 2.79. The highest BCUT2D eigenvalue weighted by Gasteiger charge is 2.27. The molecular weight excluding hydrogens is 468 g/mol. The van der Waals surface area contributed by atoms with Crippen LogP contribution < -0.4 is 4.74 Å². The average molecular weight is 495 g/mol. The SMILES string of the molecule is Cc1ccc(OC2CCN(C(=O)c3ccc(Br)c(S(=O)(=O)N(C)C)c3)CC2)cc1C. The van der Waals surface area contributed by atoms with E-state index in [-0.39, 0.29) is 16.9 Å². The van der Waals surface area contributed by atoms with Crippen LogP contribution in [0.1, 0.15) is 34.3 Å². The second kappa shape index (κ2) is 9.08. The van der Waals surface area contributed by atoms with Crippen molar-refractivity contribution in [1.29, 1.82) is 0 Å². The summed E-state index contributed by atoms with van der Waals surface area (Å²) in [5.74, 6) is 0.691. The highest BCUT2D eigenvalue weighted by atomic mass is 79.9. The molecule has 0 radical (unpaired) electrons. The highest BCUT2D eigenvalue weighted by Crippen LogP contribution is 2.27. The molecule has 2 aromatic carbocycles. The number of carbonyl (C=O) groups is 1. The molecule has 0 unspecified atom stereocenters. The Bertz CT molecular complexity index is 1050. The van der Waals surface area contributed by atoms with Crippen LogP contribution in [0.25, 0.3) is 0 Å². The first kappa shape index (κ1) is 22.8. The summed E-state index contributed by atoms with van der Waals surface area (Å²) in [5, 5.41) is 0. The van der Waals surface area contributed by atoms with E-state index >= 15 is 0 Å². The number of rotatable bonds is 5. The van der Waals surface area contributed by atoms with E-state index in [4.69, 9.17) is 4.74 Å². The molecule has 0 spiro atoms. The number of halogens is 1. The minimum absolute atomic E-state index is 0.0609. The number of likely N-dealkylation sites (tertiary alicyclic amines) is 1. The molecule has 8 heteroatoms. The Hall–Kier alpha value is -1.90. The average Bonchev–Trinajstić information content (AvgIpc) is 2.71. The van der Waals surface area contributed by atoms with Gasteiger partial charge in [-0.1, -0.05) is 6.07 Å². The molecule has 1 saturated heterocycles. The predicted molar refractivity (Wildman–Crippen MR) is 120 cm³/mol. The molecule has 162 valence electrons. The van der Waals surface area contributed by atoms with Gasteiger partial charge in [0.15, 0.2) is 0 Å². The molecule has 0 bridgehead atoms. The van der Waals surface area contributed by atoms with E-state index in [1.54, 1.807) is 17.0 Å². The smallest absolute Gasteiger partial charge is 0.253 e. The molecule has 30 heavy (non-hydrogen) atoms. The second-order valence-corrected chi connectivity index (χ2v) is 10.8. The molecule has 1 aliphatic rings. The van der Waals surface area contributed by atoms with Crippen molar-refractivity contribution in [2.45, 2.75) is 37.7 Å². The lowest BCUT2D eigenvalue weighted by Gasteiger charge is -2.32. The van der Waals surface area contributed by atoms with Gasteiger partial charge in [0.05, 0.1) is 4.90 Å². The van der Waals surface area contributed by atoms with Crippen molar-refractivity contribution < 1.29 is 17.9 Å². The molecule has 1 heterocycles. The van der Waals surface area contributed by atoms with E-state index in [2.05, 4.69) is 35.8 Å². The minimum atomic E-state index is -3.65. The fraction of sp³-hybridized carbons (Fsp3) is 0.409. The van der Waals surface area contributed by atoms with Crippen molar-refractivity contribution in [3.63, 3.8) is 0 Å². The number of amides is 1. The summed E-state index contributed by atoms with van der Waals surface area (Å²) in [7, 11) is -0.711. The molecule has 0 saturated carbocycles. The number of benzene rings is 2. The van der Waals surface area contributed by atoms with Gasteiger partial charge in [-0.05, 0) is 71.2 Å². The van der Waals surface area contributed by atoms with E-state index < -0.39 is 10.0 Å². The second-order valence-electron chi connectivity index (χ2n) is 7.79. The number of hydrogen-bond acceptors (Lipinski definition) is 4. The lowest BCUT2D eigenvalue weighted by molar-refractivity contribution is 0.0595. The van der Waals surface area contributed by atoms with Crippen LogP contribution in [0, 0.1) is 13.8 Å². The Labute approximate surface area is 187 Å². The van der Waals surface area contributed by atoms with Crippen molar-refractivity contribution in [2.75, 3.05) is 27.2 Å². The molecule has 0 aromatic heterocycles. The van der Waals surface area contributed by atoms with E-state index in [0.29, 0.717) is 23.1 Å². The Morgan fingerprint density at radius 3 is 2.33 bits per heavy atom. The van der Waals surface area contributed by atoms with Gasteiger partial charge in [-0.25, -0.2) is 12.7 Å². The van der Waals surface area contributed by atoms with Crippen LogP contribution in [-0.2, 0) is 10.0 Å². The zero-order chi connectivity index (χ0) is 22.1. The summed E-state index contributed by atoms with van der Waals surface area (Å²) in [6.07, 6.45) is 1.53. The molecule has 0 aliphatic carbocycles. The molecule has 1 aliphatic heterocycles. The lowest BCUT2D eigenvalue weighted by atomic mass is 10.1. The molecule has 6 nitrogen and oxygen atoms in total. The van der Waals surface area contributed by atoms with E-state index in [1.165, 1.54) is 31.3 Å². The highest BCUT2D eigenvalue weighted by molar-refractivity contribution is 9.10. The van der Waals surface area contributed by atoms with Crippen LogP contribution >= 0.6 is 15.9 Å². The van der Waals surface area contributed by atoms with Crippen LogP contribution in [0.2, 0.25) is 0 Å². The first-order valence-corrected chi connectivity index (χ1v) is 12.1. The topological polar surface area (TPSA) is 66.9 Å². The summed E-state index contributed by atoms with van der Waals surface area (Å²) in [4.78, 5) is 14.8.